The molecule has 0 radical (unpaired) electrons. The minimum Gasteiger partial charge on any atom is -0.265 e. The van der Waals surface area contributed by atoms with Gasteiger partial charge in [-0.15, -0.1) is 0 Å². The number of thioether (sulfide) groups is 1. The summed E-state index contributed by atoms with van der Waals surface area (Å²) in [5.74, 6) is 0. The number of hydrogen-bond donors (Lipinski definition) is 0. The van der Waals surface area contributed by atoms with Crippen molar-refractivity contribution in [3.8, 4) is 0 Å². The Bertz CT molecular complexity index is 295. The van der Waals surface area contributed by atoms with Crippen LogP contribution in [0.5, 0.6) is 0 Å². The number of rotatable bonds is 0. The highest BCUT2D eigenvalue weighted by Gasteiger charge is 2.59. The Balaban J connectivity index is 2.14. The van der Waals surface area contributed by atoms with Crippen LogP contribution in [0.1, 0.15) is 12.8 Å². The molecule has 4 unspecified atom stereocenters. The van der Waals surface area contributed by atoms with Crippen molar-refractivity contribution in [1.29, 1.82) is 0 Å². The van der Waals surface area contributed by atoms with Crippen molar-refractivity contribution in [2.75, 3.05) is 0 Å². The normalized spacial score (nSPS) is 57.1. The molecule has 3 fully saturated rings. The average molecular weight is 192 g/mol. The van der Waals surface area contributed by atoms with Crippen LogP contribution in [0.2, 0.25) is 0 Å². The van der Waals surface area contributed by atoms with Crippen LogP contribution >= 0.6 is 11.8 Å². The van der Waals surface area contributed by atoms with Crippen LogP contribution in [0, 0.1) is 0 Å². The van der Waals surface area contributed by atoms with Gasteiger partial charge in [0, 0.05) is 5.25 Å². The van der Waals surface area contributed by atoms with E-state index in [0.717, 1.165) is 12.8 Å². The second kappa shape index (κ2) is 1.78. The average Bonchev–Trinajstić information content (AvgIpc) is 2.44. The highest BCUT2D eigenvalue weighted by atomic mass is 32.2. The van der Waals surface area contributed by atoms with E-state index in [1.165, 1.54) is 0 Å². The smallest absolute Gasteiger partial charge is 0.265 e. The maximum absolute atomic E-state index is 11.2. The molecule has 0 aromatic heterocycles. The molecule has 0 aromatic carbocycles. The summed E-state index contributed by atoms with van der Waals surface area (Å²) in [6.45, 7) is 0. The molecule has 3 rings (SSSR count). The fourth-order valence-corrected chi connectivity index (χ4v) is 6.39. The maximum atomic E-state index is 11.2. The van der Waals surface area contributed by atoms with Crippen LogP contribution in [0.15, 0.2) is 0 Å². The van der Waals surface area contributed by atoms with Crippen LogP contribution < -0.4 is 0 Å². The van der Waals surface area contributed by atoms with Crippen molar-refractivity contribution in [1.82, 2.24) is 0 Å². The topological polar surface area (TPSA) is 43.4 Å². The lowest BCUT2D eigenvalue weighted by molar-refractivity contribution is 0.230. The molecule has 2 bridgehead atoms. The summed E-state index contributed by atoms with van der Waals surface area (Å²) in [5.41, 5.74) is 0. The third kappa shape index (κ3) is 0.716. The second-order valence-corrected chi connectivity index (χ2v) is 6.63. The molecule has 3 aliphatic heterocycles. The molecular weight excluding hydrogens is 184 g/mol. The largest absolute Gasteiger partial charge is 0.271 e. The molecular formula is C6H8O3S2. The van der Waals surface area contributed by atoms with Crippen molar-refractivity contribution in [2.24, 2.45) is 0 Å². The van der Waals surface area contributed by atoms with E-state index < -0.39 is 10.1 Å². The highest BCUT2D eigenvalue weighted by Crippen LogP contribution is 2.54. The number of hydrogen-bond acceptors (Lipinski definition) is 4. The monoisotopic (exact) mass is 192 g/mol. The SMILES string of the molecule is O=S1(=O)OC2CC3CC1C2S3. The first-order chi connectivity index (χ1) is 5.17. The van der Waals surface area contributed by atoms with Gasteiger partial charge in [0.15, 0.2) is 0 Å². The molecule has 3 aliphatic rings. The molecule has 0 amide bonds. The third-order valence-corrected chi connectivity index (χ3v) is 6.33. The van der Waals surface area contributed by atoms with Crippen LogP contribution in [0.25, 0.3) is 0 Å². The lowest BCUT2D eigenvalue weighted by Crippen LogP contribution is -2.26. The zero-order chi connectivity index (χ0) is 7.64. The van der Waals surface area contributed by atoms with Gasteiger partial charge in [0.05, 0.1) is 11.4 Å². The summed E-state index contributed by atoms with van der Waals surface area (Å²) < 4.78 is 27.5. The summed E-state index contributed by atoms with van der Waals surface area (Å²) in [4.78, 5) is 0. The first-order valence-electron chi connectivity index (χ1n) is 3.74. The lowest BCUT2D eigenvalue weighted by Gasteiger charge is -2.09. The van der Waals surface area contributed by atoms with Crippen molar-refractivity contribution in [3.05, 3.63) is 0 Å². The van der Waals surface area contributed by atoms with E-state index in [1.54, 1.807) is 0 Å². The second-order valence-electron chi connectivity index (χ2n) is 3.36. The Labute approximate surface area is 69.6 Å². The van der Waals surface area contributed by atoms with Gasteiger partial charge < -0.3 is 0 Å². The van der Waals surface area contributed by atoms with Gasteiger partial charge in [-0.25, -0.2) is 0 Å². The first kappa shape index (κ1) is 6.74. The summed E-state index contributed by atoms with van der Waals surface area (Å²) >= 11 is 1.81. The molecule has 11 heavy (non-hydrogen) atoms. The van der Waals surface area contributed by atoms with E-state index in [2.05, 4.69) is 0 Å². The van der Waals surface area contributed by atoms with Gasteiger partial charge in [-0.05, 0) is 12.8 Å². The summed E-state index contributed by atoms with van der Waals surface area (Å²) in [5, 5.41) is 0.661. The summed E-state index contributed by atoms with van der Waals surface area (Å²) in [7, 11) is -3.15. The zero-order valence-electron chi connectivity index (χ0n) is 5.76. The van der Waals surface area contributed by atoms with E-state index >= 15 is 0 Å². The van der Waals surface area contributed by atoms with Crippen molar-refractivity contribution in [2.45, 2.75) is 34.7 Å². The maximum Gasteiger partial charge on any atom is 0.271 e. The Hall–Kier alpha value is 0.260. The fourth-order valence-electron chi connectivity index (χ4n) is 2.25. The standard InChI is InChI=1S/C6H8O3S2/c7-11(8)5-2-3-1-4(9-11)6(5)10-3/h3-6H,1-2H2. The molecule has 3 saturated heterocycles. The predicted octanol–water partition coefficient (Wildman–Crippen LogP) is 0.361. The van der Waals surface area contributed by atoms with Gasteiger partial charge >= 0.3 is 0 Å². The van der Waals surface area contributed by atoms with Crippen molar-refractivity contribution < 1.29 is 12.6 Å². The molecule has 0 aliphatic carbocycles. The lowest BCUT2D eigenvalue weighted by atomic mass is 9.98. The van der Waals surface area contributed by atoms with E-state index in [4.69, 9.17) is 4.18 Å². The van der Waals surface area contributed by atoms with Crippen LogP contribution in [-0.4, -0.2) is 30.3 Å². The Morgan fingerprint density at radius 2 is 2.18 bits per heavy atom. The molecule has 62 valence electrons. The molecule has 3 heterocycles. The van der Waals surface area contributed by atoms with Gasteiger partial charge in [-0.1, -0.05) is 0 Å². The molecule has 3 nitrogen and oxygen atoms in total. The summed E-state index contributed by atoms with van der Waals surface area (Å²) in [6, 6.07) is 0. The summed E-state index contributed by atoms with van der Waals surface area (Å²) in [6.07, 6.45) is 1.80. The quantitative estimate of drug-likeness (QED) is 0.520. The minimum atomic E-state index is -3.15. The molecule has 0 spiro atoms. The van der Waals surface area contributed by atoms with Crippen molar-refractivity contribution >= 4 is 21.9 Å². The van der Waals surface area contributed by atoms with E-state index in [0.29, 0.717) is 5.25 Å². The van der Waals surface area contributed by atoms with Crippen LogP contribution in [0.4, 0.5) is 0 Å². The zero-order valence-corrected chi connectivity index (χ0v) is 7.40. The van der Waals surface area contributed by atoms with Crippen molar-refractivity contribution in [3.63, 3.8) is 0 Å². The Morgan fingerprint density at radius 1 is 1.36 bits per heavy atom. The number of fused-ring (bicyclic) bond motifs is 1. The van der Waals surface area contributed by atoms with Gasteiger partial charge in [-0.3, -0.25) is 4.18 Å². The fraction of sp³-hybridized carbons (Fsp3) is 1.00. The third-order valence-electron chi connectivity index (χ3n) is 2.70. The molecule has 0 N–H and O–H groups in total. The van der Waals surface area contributed by atoms with Gasteiger partial charge in [0.2, 0.25) is 0 Å². The first-order valence-corrected chi connectivity index (χ1v) is 6.16. The van der Waals surface area contributed by atoms with Gasteiger partial charge in [0.1, 0.15) is 5.25 Å². The highest BCUT2D eigenvalue weighted by molar-refractivity contribution is 8.02. The Morgan fingerprint density at radius 3 is 2.73 bits per heavy atom. The van der Waals surface area contributed by atoms with Crippen LogP contribution in [-0.2, 0) is 14.3 Å². The molecule has 4 atom stereocenters. The van der Waals surface area contributed by atoms with E-state index in [9.17, 15) is 8.42 Å². The minimum absolute atomic E-state index is 0.0220. The van der Waals surface area contributed by atoms with Gasteiger partial charge in [0.25, 0.3) is 10.1 Å². The molecule has 0 aromatic rings. The Kier molecular flexibility index (Phi) is 1.09. The predicted molar refractivity (Wildman–Crippen MR) is 42.0 cm³/mol. The molecule has 5 heteroatoms. The molecule has 0 saturated carbocycles. The van der Waals surface area contributed by atoms with E-state index in [1.807, 2.05) is 11.8 Å². The van der Waals surface area contributed by atoms with Gasteiger partial charge in [-0.2, -0.15) is 20.2 Å². The van der Waals surface area contributed by atoms with Crippen LogP contribution in [0.3, 0.4) is 0 Å². The van der Waals surface area contributed by atoms with E-state index in [-0.39, 0.29) is 16.6 Å².